The van der Waals surface area contributed by atoms with Crippen molar-refractivity contribution in [3.05, 3.63) is 90.5 Å². The van der Waals surface area contributed by atoms with E-state index in [1.54, 1.807) is 17.1 Å². The van der Waals surface area contributed by atoms with Gasteiger partial charge in [0.15, 0.2) is 0 Å². The Bertz CT molecular complexity index is 1390. The Balaban J connectivity index is 1.63. The molecule has 3 aliphatic rings. The van der Waals surface area contributed by atoms with Crippen molar-refractivity contribution in [1.29, 1.82) is 0 Å². The van der Waals surface area contributed by atoms with Gasteiger partial charge in [-0.2, -0.15) is 0 Å². The number of hydrogen-bond donors (Lipinski definition) is 1. The number of fused-ring (bicyclic) bond motifs is 1. The zero-order valence-electron chi connectivity index (χ0n) is 25.3. The largest absolute Gasteiger partial charge is 0.465 e. The first kappa shape index (κ1) is 30.7. The molecule has 2 amide bonds. The van der Waals surface area contributed by atoms with Gasteiger partial charge in [0.25, 0.3) is 5.91 Å². The van der Waals surface area contributed by atoms with E-state index in [2.05, 4.69) is 13.2 Å². The van der Waals surface area contributed by atoms with Crippen molar-refractivity contribution < 1.29 is 29.0 Å². The molecule has 6 atom stereocenters. The molecule has 228 valence electrons. The number of rotatable bonds is 12. The van der Waals surface area contributed by atoms with Gasteiger partial charge in [0, 0.05) is 12.2 Å². The summed E-state index contributed by atoms with van der Waals surface area (Å²) >= 11 is 0. The van der Waals surface area contributed by atoms with Crippen LogP contribution in [0.25, 0.3) is 0 Å². The predicted molar refractivity (Wildman–Crippen MR) is 164 cm³/mol. The van der Waals surface area contributed by atoms with Gasteiger partial charge < -0.3 is 24.4 Å². The van der Waals surface area contributed by atoms with Gasteiger partial charge in [0.2, 0.25) is 5.91 Å². The molecule has 5 rings (SSSR count). The Hall–Kier alpha value is -3.75. The summed E-state index contributed by atoms with van der Waals surface area (Å²) < 4.78 is 12.4. The highest BCUT2D eigenvalue weighted by Gasteiger charge is 2.79. The molecule has 2 unspecified atom stereocenters. The standard InChI is InChI=1S/C35H42N2O6/c1-6-8-20-42-33(41)28-27-31(39)37(26(22-38)21-25-15-10-9-11-16-25)30(35(27)18-17-34(28,5)43-35)32(40)36(19-7-2)29-23(3)13-12-14-24(29)4/h6-7,9-16,26-28,30,38H,1-2,8,17-22H2,3-5H3/t26-,27+,28+,30?,34-,35?/m1/s1. The van der Waals surface area contributed by atoms with Crippen molar-refractivity contribution in [1.82, 2.24) is 4.90 Å². The maximum absolute atomic E-state index is 15.0. The third-order valence-corrected chi connectivity index (χ3v) is 9.47. The Morgan fingerprint density at radius 2 is 1.81 bits per heavy atom. The second kappa shape index (κ2) is 12.1. The second-order valence-electron chi connectivity index (χ2n) is 12.2. The molecule has 2 aromatic carbocycles. The van der Waals surface area contributed by atoms with Gasteiger partial charge in [-0.25, -0.2) is 0 Å². The molecule has 0 radical (unpaired) electrons. The van der Waals surface area contributed by atoms with Crippen LogP contribution >= 0.6 is 0 Å². The topological polar surface area (TPSA) is 96.4 Å². The first-order chi connectivity index (χ1) is 20.6. The van der Waals surface area contributed by atoms with Gasteiger partial charge in [-0.05, 0) is 63.1 Å². The van der Waals surface area contributed by atoms with Crippen molar-refractivity contribution in [2.75, 3.05) is 24.7 Å². The quantitative estimate of drug-likeness (QED) is 0.226. The molecule has 0 saturated carbocycles. The van der Waals surface area contributed by atoms with Crippen LogP contribution < -0.4 is 4.90 Å². The molecule has 2 bridgehead atoms. The minimum atomic E-state index is -1.24. The van der Waals surface area contributed by atoms with Gasteiger partial charge in [-0.3, -0.25) is 14.4 Å². The smallest absolute Gasteiger partial charge is 0.312 e. The molecule has 0 aliphatic carbocycles. The average Bonchev–Trinajstić information content (AvgIpc) is 3.56. The molecule has 3 aliphatic heterocycles. The fourth-order valence-corrected chi connectivity index (χ4v) is 7.66. The zero-order chi connectivity index (χ0) is 30.9. The molecule has 0 aromatic heterocycles. The maximum Gasteiger partial charge on any atom is 0.312 e. The molecular formula is C35H42N2O6. The van der Waals surface area contributed by atoms with E-state index in [0.29, 0.717) is 25.7 Å². The molecule has 3 heterocycles. The van der Waals surface area contributed by atoms with Gasteiger partial charge in [-0.1, -0.05) is 60.7 Å². The summed E-state index contributed by atoms with van der Waals surface area (Å²) in [7, 11) is 0. The SMILES string of the molecule is C=CCCOC(=O)[C@@H]1[C@H]2C(=O)N([C@@H](CO)Cc3ccccc3)C(C(=O)N(CC=C)c3c(C)cccc3C)C23CC[C@@]1(C)O3. The van der Waals surface area contributed by atoms with E-state index in [4.69, 9.17) is 9.47 Å². The van der Waals surface area contributed by atoms with Crippen LogP contribution in [0.4, 0.5) is 5.69 Å². The molecule has 3 fully saturated rings. The van der Waals surface area contributed by atoms with Crippen LogP contribution in [0.3, 0.4) is 0 Å². The Kier molecular flexibility index (Phi) is 8.63. The first-order valence-corrected chi connectivity index (χ1v) is 15.1. The molecule has 8 heteroatoms. The number of likely N-dealkylation sites (tertiary alicyclic amines) is 1. The van der Waals surface area contributed by atoms with E-state index < -0.39 is 41.1 Å². The maximum atomic E-state index is 15.0. The van der Waals surface area contributed by atoms with Crippen molar-refractivity contribution in [3.63, 3.8) is 0 Å². The van der Waals surface area contributed by atoms with Crippen LogP contribution in [-0.4, -0.2) is 70.8 Å². The highest BCUT2D eigenvalue weighted by Crippen LogP contribution is 2.64. The van der Waals surface area contributed by atoms with Crippen LogP contribution in [-0.2, 0) is 30.3 Å². The number of ether oxygens (including phenoxy) is 2. The predicted octanol–water partition coefficient (Wildman–Crippen LogP) is 4.31. The number of aryl methyl sites for hydroxylation is 2. The summed E-state index contributed by atoms with van der Waals surface area (Å²) in [4.78, 5) is 46.4. The van der Waals surface area contributed by atoms with Gasteiger partial charge in [-0.15, -0.1) is 13.2 Å². The molecule has 2 aromatic rings. The number of nitrogens with zero attached hydrogens (tertiary/aromatic N) is 2. The number of amides is 2. The lowest BCUT2D eigenvalue weighted by molar-refractivity contribution is -0.160. The first-order valence-electron chi connectivity index (χ1n) is 15.1. The summed E-state index contributed by atoms with van der Waals surface area (Å²) in [6.45, 7) is 13.4. The van der Waals surface area contributed by atoms with Gasteiger partial charge in [0.1, 0.15) is 17.6 Å². The summed E-state index contributed by atoms with van der Waals surface area (Å²) in [5.41, 5.74) is 1.30. The van der Waals surface area contributed by atoms with Crippen LogP contribution in [0.5, 0.6) is 0 Å². The van der Waals surface area contributed by atoms with Crippen molar-refractivity contribution >= 4 is 23.5 Å². The minimum Gasteiger partial charge on any atom is -0.465 e. The average molecular weight is 587 g/mol. The lowest BCUT2D eigenvalue weighted by Gasteiger charge is -2.40. The fraction of sp³-hybridized carbons (Fsp3) is 0.457. The lowest BCUT2D eigenvalue weighted by atomic mass is 9.66. The van der Waals surface area contributed by atoms with E-state index >= 15 is 0 Å². The molecule has 1 N–H and O–H groups in total. The van der Waals surface area contributed by atoms with Crippen molar-refractivity contribution in [3.8, 4) is 0 Å². The number of hydrogen-bond acceptors (Lipinski definition) is 6. The van der Waals surface area contributed by atoms with Gasteiger partial charge in [0.05, 0.1) is 30.8 Å². The normalized spacial score (nSPS) is 28.0. The van der Waals surface area contributed by atoms with E-state index in [1.807, 2.05) is 69.3 Å². The summed E-state index contributed by atoms with van der Waals surface area (Å²) in [5.74, 6) is -2.96. The van der Waals surface area contributed by atoms with Crippen molar-refractivity contribution in [2.24, 2.45) is 11.8 Å². The van der Waals surface area contributed by atoms with E-state index in [0.717, 1.165) is 22.4 Å². The van der Waals surface area contributed by atoms with Crippen LogP contribution in [0.2, 0.25) is 0 Å². The van der Waals surface area contributed by atoms with Crippen LogP contribution in [0.1, 0.15) is 42.9 Å². The van der Waals surface area contributed by atoms with E-state index in [9.17, 15) is 19.5 Å². The monoisotopic (exact) mass is 586 g/mol. The number of aliphatic hydroxyl groups is 1. The van der Waals surface area contributed by atoms with Gasteiger partial charge >= 0.3 is 5.97 Å². The molecule has 8 nitrogen and oxygen atoms in total. The molecule has 1 spiro atoms. The van der Waals surface area contributed by atoms with E-state index in [1.165, 1.54) is 4.90 Å². The molecule has 43 heavy (non-hydrogen) atoms. The number of para-hydroxylation sites is 1. The number of esters is 1. The number of carbonyl (C=O) groups is 3. The number of carbonyl (C=O) groups excluding carboxylic acids is 3. The number of anilines is 1. The van der Waals surface area contributed by atoms with Crippen molar-refractivity contribution in [2.45, 2.75) is 69.7 Å². The zero-order valence-corrected chi connectivity index (χ0v) is 25.3. The third kappa shape index (κ3) is 5.10. The number of benzene rings is 2. The Morgan fingerprint density at radius 1 is 1.12 bits per heavy atom. The molecule has 3 saturated heterocycles. The summed E-state index contributed by atoms with van der Waals surface area (Å²) in [6.07, 6.45) is 5.10. The summed E-state index contributed by atoms with van der Waals surface area (Å²) in [5, 5.41) is 10.7. The third-order valence-electron chi connectivity index (χ3n) is 9.47. The van der Waals surface area contributed by atoms with Crippen LogP contribution in [0.15, 0.2) is 73.8 Å². The fourth-order valence-electron chi connectivity index (χ4n) is 7.66. The second-order valence-corrected chi connectivity index (χ2v) is 12.2. The highest BCUT2D eigenvalue weighted by molar-refractivity contribution is 6.05. The highest BCUT2D eigenvalue weighted by atomic mass is 16.6. The summed E-state index contributed by atoms with van der Waals surface area (Å²) in [6, 6.07) is 13.6. The van der Waals surface area contributed by atoms with Crippen LogP contribution in [0, 0.1) is 25.7 Å². The lowest BCUT2D eigenvalue weighted by Crippen LogP contribution is -2.59. The minimum absolute atomic E-state index is 0.155. The Labute approximate surface area is 254 Å². The van der Waals surface area contributed by atoms with E-state index in [-0.39, 0.29) is 31.6 Å². The molecular weight excluding hydrogens is 544 g/mol. The Morgan fingerprint density at radius 3 is 2.44 bits per heavy atom. The number of aliphatic hydroxyl groups excluding tert-OH is 1.